The van der Waals surface area contributed by atoms with E-state index in [1.54, 1.807) is 0 Å². The van der Waals surface area contributed by atoms with Gasteiger partial charge in [0.25, 0.3) is 0 Å². The Kier molecular flexibility index (Phi) is 3.95. The fraction of sp³-hybridized carbons (Fsp3) is 0.300. The molecule has 1 atom stereocenters. The third kappa shape index (κ3) is 2.33. The van der Waals surface area contributed by atoms with Crippen molar-refractivity contribution in [3.8, 4) is 5.75 Å². The summed E-state index contributed by atoms with van der Waals surface area (Å²) in [5.74, 6) is -8.17. The summed E-state index contributed by atoms with van der Waals surface area (Å²) in [5, 5.41) is 8.82. The topological polar surface area (TPSA) is 72.5 Å². The Morgan fingerprint density at radius 1 is 1.47 bits per heavy atom. The molecule has 0 bridgehead atoms. The predicted molar refractivity (Wildman–Crippen MR) is 52.3 cm³/mol. The van der Waals surface area contributed by atoms with Crippen molar-refractivity contribution in [1.29, 1.82) is 0 Å². The average molecular weight is 249 g/mol. The lowest BCUT2D eigenvalue weighted by atomic mass is 9.97. The smallest absolute Gasteiger partial charge is 0.312 e. The molecule has 0 saturated heterocycles. The molecule has 0 amide bonds. The van der Waals surface area contributed by atoms with E-state index < -0.39 is 41.6 Å². The summed E-state index contributed by atoms with van der Waals surface area (Å²) in [5.41, 5.74) is 4.86. The van der Waals surface area contributed by atoms with Crippen molar-refractivity contribution in [2.45, 2.75) is 5.92 Å². The molecule has 0 aliphatic rings. The molecule has 1 rings (SSSR count). The molecule has 94 valence electrons. The lowest BCUT2D eigenvalue weighted by molar-refractivity contribution is -0.138. The van der Waals surface area contributed by atoms with E-state index in [9.17, 15) is 18.0 Å². The van der Waals surface area contributed by atoms with Crippen molar-refractivity contribution in [2.75, 3.05) is 13.7 Å². The first-order valence-corrected chi connectivity index (χ1v) is 4.58. The van der Waals surface area contributed by atoms with E-state index in [0.29, 0.717) is 6.07 Å². The minimum absolute atomic E-state index is 0.334. The number of methoxy groups -OCH3 is 1. The summed E-state index contributed by atoms with van der Waals surface area (Å²) in [6.07, 6.45) is 0. The van der Waals surface area contributed by atoms with Gasteiger partial charge in [-0.25, -0.2) is 8.78 Å². The molecule has 0 radical (unpaired) electrons. The van der Waals surface area contributed by atoms with Crippen LogP contribution in [0.1, 0.15) is 11.5 Å². The number of carboxylic acids is 1. The standard InChI is InChI=1S/C10H10F3NO3/c1-17-9-4(5(3-14)10(15)16)2-6(11)7(12)8(9)13/h2,5H,3,14H2,1H3,(H,15,16). The number of hydrogen-bond acceptors (Lipinski definition) is 3. The molecule has 1 aromatic rings. The van der Waals surface area contributed by atoms with Crippen LogP contribution in [-0.4, -0.2) is 24.7 Å². The minimum Gasteiger partial charge on any atom is -0.493 e. The van der Waals surface area contributed by atoms with Crippen LogP contribution in [0.25, 0.3) is 0 Å². The second kappa shape index (κ2) is 5.05. The van der Waals surface area contributed by atoms with Gasteiger partial charge in [0.1, 0.15) is 0 Å². The van der Waals surface area contributed by atoms with E-state index in [2.05, 4.69) is 4.74 Å². The zero-order chi connectivity index (χ0) is 13.2. The Bertz CT molecular complexity index is 451. The first kappa shape index (κ1) is 13.3. The van der Waals surface area contributed by atoms with Gasteiger partial charge in [-0.1, -0.05) is 0 Å². The van der Waals surface area contributed by atoms with Gasteiger partial charge in [0.05, 0.1) is 13.0 Å². The van der Waals surface area contributed by atoms with E-state index in [-0.39, 0.29) is 5.56 Å². The molecule has 0 aliphatic heterocycles. The van der Waals surface area contributed by atoms with Gasteiger partial charge in [0, 0.05) is 12.1 Å². The SMILES string of the molecule is COc1c(C(CN)C(=O)O)cc(F)c(F)c1F. The van der Waals surface area contributed by atoms with Crippen molar-refractivity contribution in [2.24, 2.45) is 5.73 Å². The summed E-state index contributed by atoms with van der Waals surface area (Å²) in [4.78, 5) is 10.8. The zero-order valence-electron chi connectivity index (χ0n) is 8.84. The summed E-state index contributed by atoms with van der Waals surface area (Å²) in [6, 6.07) is 0.572. The van der Waals surface area contributed by atoms with Crippen LogP contribution in [0.15, 0.2) is 6.07 Å². The molecule has 1 unspecified atom stereocenters. The maximum atomic E-state index is 13.3. The third-order valence-corrected chi connectivity index (χ3v) is 2.26. The number of carboxylic acid groups (broad SMARTS) is 1. The summed E-state index contributed by atoms with van der Waals surface area (Å²) >= 11 is 0. The highest BCUT2D eigenvalue weighted by Crippen LogP contribution is 2.32. The second-order valence-corrected chi connectivity index (χ2v) is 3.24. The van der Waals surface area contributed by atoms with Gasteiger partial charge < -0.3 is 15.6 Å². The molecule has 3 N–H and O–H groups in total. The van der Waals surface area contributed by atoms with Crippen LogP contribution >= 0.6 is 0 Å². The Morgan fingerprint density at radius 3 is 2.47 bits per heavy atom. The molecule has 0 heterocycles. The monoisotopic (exact) mass is 249 g/mol. The number of nitrogens with two attached hydrogens (primary N) is 1. The third-order valence-electron chi connectivity index (χ3n) is 2.26. The van der Waals surface area contributed by atoms with Crippen molar-refractivity contribution in [1.82, 2.24) is 0 Å². The van der Waals surface area contributed by atoms with E-state index >= 15 is 0 Å². The molecule has 4 nitrogen and oxygen atoms in total. The fourth-order valence-corrected chi connectivity index (χ4v) is 1.42. The highest BCUT2D eigenvalue weighted by Gasteiger charge is 2.28. The number of hydrogen-bond donors (Lipinski definition) is 2. The largest absolute Gasteiger partial charge is 0.493 e. The van der Waals surface area contributed by atoms with E-state index in [1.165, 1.54) is 0 Å². The summed E-state index contributed by atoms with van der Waals surface area (Å²) in [7, 11) is 1.02. The van der Waals surface area contributed by atoms with Gasteiger partial charge in [0.15, 0.2) is 17.4 Å². The Labute approximate surface area is 94.8 Å². The summed E-state index contributed by atoms with van der Waals surface area (Å²) < 4.78 is 43.8. The molecule has 17 heavy (non-hydrogen) atoms. The number of benzene rings is 1. The van der Waals surface area contributed by atoms with E-state index in [0.717, 1.165) is 7.11 Å². The second-order valence-electron chi connectivity index (χ2n) is 3.24. The molecule has 0 aliphatic carbocycles. The lowest BCUT2D eigenvalue weighted by Crippen LogP contribution is -2.22. The van der Waals surface area contributed by atoms with Crippen LogP contribution in [0.5, 0.6) is 5.75 Å². The maximum Gasteiger partial charge on any atom is 0.312 e. The van der Waals surface area contributed by atoms with Crippen molar-refractivity contribution < 1.29 is 27.8 Å². The van der Waals surface area contributed by atoms with Crippen LogP contribution in [-0.2, 0) is 4.79 Å². The number of rotatable bonds is 4. The predicted octanol–water partition coefficient (Wildman–Crippen LogP) is 1.24. The fourth-order valence-electron chi connectivity index (χ4n) is 1.42. The Balaban J connectivity index is 3.46. The molecular formula is C10H10F3NO3. The van der Waals surface area contributed by atoms with Crippen molar-refractivity contribution >= 4 is 5.97 Å². The number of aliphatic carboxylic acids is 1. The molecule has 0 spiro atoms. The minimum atomic E-state index is -1.72. The van der Waals surface area contributed by atoms with Crippen molar-refractivity contribution in [3.05, 3.63) is 29.1 Å². The maximum absolute atomic E-state index is 13.3. The normalized spacial score (nSPS) is 12.3. The van der Waals surface area contributed by atoms with Crippen LogP contribution in [0, 0.1) is 17.5 Å². The van der Waals surface area contributed by atoms with Gasteiger partial charge >= 0.3 is 5.97 Å². The lowest BCUT2D eigenvalue weighted by Gasteiger charge is -2.15. The molecule has 0 saturated carbocycles. The Morgan fingerprint density at radius 2 is 2.06 bits per heavy atom. The zero-order valence-corrected chi connectivity index (χ0v) is 8.84. The van der Waals surface area contributed by atoms with Crippen LogP contribution in [0.3, 0.4) is 0 Å². The summed E-state index contributed by atoms with van der Waals surface area (Å²) in [6.45, 7) is -0.393. The molecular weight excluding hydrogens is 239 g/mol. The van der Waals surface area contributed by atoms with Gasteiger partial charge in [-0.3, -0.25) is 4.79 Å². The highest BCUT2D eigenvalue weighted by atomic mass is 19.2. The number of ether oxygens (including phenoxy) is 1. The molecule has 1 aromatic carbocycles. The molecule has 0 aromatic heterocycles. The first-order chi connectivity index (χ1) is 7.93. The first-order valence-electron chi connectivity index (χ1n) is 4.58. The number of carbonyl (C=O) groups is 1. The van der Waals surface area contributed by atoms with E-state index in [4.69, 9.17) is 10.8 Å². The van der Waals surface area contributed by atoms with Gasteiger partial charge in [-0.15, -0.1) is 0 Å². The quantitative estimate of drug-likeness (QED) is 0.787. The molecule has 0 fully saturated rings. The number of halogens is 3. The van der Waals surface area contributed by atoms with Gasteiger partial charge in [-0.2, -0.15) is 4.39 Å². The molecule has 7 heteroatoms. The van der Waals surface area contributed by atoms with Crippen LogP contribution in [0.2, 0.25) is 0 Å². The van der Waals surface area contributed by atoms with Crippen molar-refractivity contribution in [3.63, 3.8) is 0 Å². The highest BCUT2D eigenvalue weighted by molar-refractivity contribution is 5.77. The van der Waals surface area contributed by atoms with Crippen LogP contribution in [0.4, 0.5) is 13.2 Å². The average Bonchev–Trinajstić information content (AvgIpc) is 2.27. The van der Waals surface area contributed by atoms with Crippen LogP contribution < -0.4 is 10.5 Å². The van der Waals surface area contributed by atoms with Gasteiger partial charge in [0.2, 0.25) is 5.82 Å². The Hall–Kier alpha value is -1.76. The van der Waals surface area contributed by atoms with E-state index in [1.807, 2.05) is 0 Å². The van der Waals surface area contributed by atoms with Gasteiger partial charge in [-0.05, 0) is 6.07 Å².